The van der Waals surface area contributed by atoms with Crippen LogP contribution in [0.15, 0.2) is 12.1 Å². The summed E-state index contributed by atoms with van der Waals surface area (Å²) in [6, 6.07) is 1.52. The van der Waals surface area contributed by atoms with E-state index < -0.39 is 17.6 Å². The molecule has 0 bridgehead atoms. The number of nitrogens with two attached hydrogens (primary N) is 1. The van der Waals surface area contributed by atoms with Gasteiger partial charge in [-0.1, -0.05) is 13.3 Å². The minimum Gasteiger partial charge on any atom is -0.462 e. The summed E-state index contributed by atoms with van der Waals surface area (Å²) >= 11 is 0. The van der Waals surface area contributed by atoms with Crippen molar-refractivity contribution in [2.24, 2.45) is 0 Å². The molecule has 0 amide bonds. The second-order valence-corrected chi connectivity index (χ2v) is 3.34. The molecule has 0 unspecified atom stereocenters. The second kappa shape index (κ2) is 5.44. The minimum absolute atomic E-state index is 0.125. The molecule has 1 aromatic rings. The first-order valence-corrected chi connectivity index (χ1v) is 4.98. The van der Waals surface area contributed by atoms with Gasteiger partial charge in [0.1, 0.15) is 0 Å². The van der Waals surface area contributed by atoms with E-state index in [9.17, 15) is 13.6 Å². The summed E-state index contributed by atoms with van der Waals surface area (Å²) in [4.78, 5) is 11.4. The number of halogens is 2. The van der Waals surface area contributed by atoms with Crippen LogP contribution in [-0.2, 0) is 4.74 Å². The van der Waals surface area contributed by atoms with Crippen LogP contribution >= 0.6 is 0 Å². The number of rotatable bonds is 4. The number of hydrogen-bond acceptors (Lipinski definition) is 3. The Morgan fingerprint density at radius 2 is 2.00 bits per heavy atom. The van der Waals surface area contributed by atoms with Gasteiger partial charge in [-0.25, -0.2) is 13.6 Å². The van der Waals surface area contributed by atoms with E-state index >= 15 is 0 Å². The maximum atomic E-state index is 12.9. The molecule has 0 heterocycles. The zero-order valence-corrected chi connectivity index (χ0v) is 8.93. The van der Waals surface area contributed by atoms with Crippen molar-refractivity contribution in [2.45, 2.75) is 19.8 Å². The fourth-order valence-electron chi connectivity index (χ4n) is 1.13. The van der Waals surface area contributed by atoms with Gasteiger partial charge in [0.05, 0.1) is 12.2 Å². The standard InChI is InChI=1S/C11H13F2NO2/c1-2-3-4-16-11(15)7-5-8(12)9(13)6-10(7)14/h5-6H,2-4,14H2,1H3. The lowest BCUT2D eigenvalue weighted by atomic mass is 10.1. The van der Waals surface area contributed by atoms with Gasteiger partial charge in [-0.3, -0.25) is 0 Å². The van der Waals surface area contributed by atoms with Crippen LogP contribution in [-0.4, -0.2) is 12.6 Å². The van der Waals surface area contributed by atoms with Crippen molar-refractivity contribution < 1.29 is 18.3 Å². The number of anilines is 1. The quantitative estimate of drug-likeness (QED) is 0.490. The summed E-state index contributed by atoms with van der Waals surface area (Å²) in [5.41, 5.74) is 5.12. The van der Waals surface area contributed by atoms with Crippen molar-refractivity contribution >= 4 is 11.7 Å². The molecule has 0 spiro atoms. The first-order valence-electron chi connectivity index (χ1n) is 4.98. The summed E-state index contributed by atoms with van der Waals surface area (Å²) in [6.45, 7) is 2.19. The highest BCUT2D eigenvalue weighted by atomic mass is 19.2. The van der Waals surface area contributed by atoms with Crippen LogP contribution in [0.2, 0.25) is 0 Å². The fourth-order valence-corrected chi connectivity index (χ4v) is 1.13. The lowest BCUT2D eigenvalue weighted by molar-refractivity contribution is 0.0500. The summed E-state index contributed by atoms with van der Waals surface area (Å²) in [5, 5.41) is 0. The van der Waals surface area contributed by atoms with Gasteiger partial charge in [0.25, 0.3) is 0 Å². The first-order chi connectivity index (χ1) is 7.56. The Kier molecular flexibility index (Phi) is 4.22. The van der Waals surface area contributed by atoms with Crippen LogP contribution in [0.4, 0.5) is 14.5 Å². The van der Waals surface area contributed by atoms with E-state index in [1.807, 2.05) is 6.92 Å². The van der Waals surface area contributed by atoms with E-state index in [4.69, 9.17) is 10.5 Å². The maximum Gasteiger partial charge on any atom is 0.340 e. The molecule has 0 fully saturated rings. The molecule has 1 rings (SSSR count). The largest absolute Gasteiger partial charge is 0.462 e. The van der Waals surface area contributed by atoms with Gasteiger partial charge in [0.15, 0.2) is 11.6 Å². The maximum absolute atomic E-state index is 12.9. The predicted octanol–water partition coefficient (Wildman–Crippen LogP) is 2.50. The topological polar surface area (TPSA) is 52.3 Å². The van der Waals surface area contributed by atoms with Crippen molar-refractivity contribution in [3.63, 3.8) is 0 Å². The van der Waals surface area contributed by atoms with Gasteiger partial charge < -0.3 is 10.5 Å². The SMILES string of the molecule is CCCCOC(=O)c1cc(F)c(F)cc1N. The molecule has 0 aliphatic rings. The van der Waals surface area contributed by atoms with Crippen LogP contribution in [0.3, 0.4) is 0 Å². The number of unbranched alkanes of at least 4 members (excludes halogenated alkanes) is 1. The molecule has 0 radical (unpaired) electrons. The van der Waals surface area contributed by atoms with Crippen LogP contribution in [0, 0.1) is 11.6 Å². The number of nitrogen functional groups attached to an aromatic ring is 1. The Labute approximate surface area is 92.2 Å². The van der Waals surface area contributed by atoms with Crippen molar-refractivity contribution in [3.8, 4) is 0 Å². The average molecular weight is 229 g/mol. The van der Waals surface area contributed by atoms with E-state index in [-0.39, 0.29) is 17.9 Å². The summed E-state index contributed by atoms with van der Waals surface area (Å²) in [7, 11) is 0. The van der Waals surface area contributed by atoms with Crippen LogP contribution < -0.4 is 5.73 Å². The van der Waals surface area contributed by atoms with E-state index in [1.54, 1.807) is 0 Å². The van der Waals surface area contributed by atoms with Crippen LogP contribution in [0.25, 0.3) is 0 Å². The zero-order valence-electron chi connectivity index (χ0n) is 8.93. The highest BCUT2D eigenvalue weighted by Crippen LogP contribution is 2.18. The molecular formula is C11H13F2NO2. The fraction of sp³-hybridized carbons (Fsp3) is 0.364. The molecule has 0 saturated carbocycles. The lowest BCUT2D eigenvalue weighted by Gasteiger charge is -2.06. The molecule has 3 nitrogen and oxygen atoms in total. The van der Waals surface area contributed by atoms with Gasteiger partial charge in [0.2, 0.25) is 0 Å². The minimum atomic E-state index is -1.11. The highest BCUT2D eigenvalue weighted by molar-refractivity contribution is 5.95. The van der Waals surface area contributed by atoms with Crippen molar-refractivity contribution in [1.82, 2.24) is 0 Å². The van der Waals surface area contributed by atoms with Crippen molar-refractivity contribution in [3.05, 3.63) is 29.3 Å². The number of esters is 1. The first kappa shape index (κ1) is 12.4. The van der Waals surface area contributed by atoms with E-state index in [2.05, 4.69) is 0 Å². The summed E-state index contributed by atoms with van der Waals surface area (Å²) in [5.74, 6) is -2.93. The number of carbonyl (C=O) groups is 1. The van der Waals surface area contributed by atoms with E-state index in [0.29, 0.717) is 0 Å². The average Bonchev–Trinajstić information content (AvgIpc) is 2.23. The third kappa shape index (κ3) is 2.92. The molecular weight excluding hydrogens is 216 g/mol. The van der Waals surface area contributed by atoms with E-state index in [0.717, 1.165) is 25.0 Å². The number of ether oxygens (including phenoxy) is 1. The number of hydrogen-bond donors (Lipinski definition) is 1. The molecule has 0 aliphatic heterocycles. The van der Waals surface area contributed by atoms with Gasteiger partial charge in [0, 0.05) is 11.8 Å². The molecule has 0 aromatic heterocycles. The third-order valence-electron chi connectivity index (χ3n) is 2.04. The zero-order chi connectivity index (χ0) is 12.1. The van der Waals surface area contributed by atoms with Gasteiger partial charge in [-0.15, -0.1) is 0 Å². The van der Waals surface area contributed by atoms with Crippen molar-refractivity contribution in [2.75, 3.05) is 12.3 Å². The predicted molar refractivity (Wildman–Crippen MR) is 56.0 cm³/mol. The lowest BCUT2D eigenvalue weighted by Crippen LogP contribution is -2.10. The molecule has 2 N–H and O–H groups in total. The van der Waals surface area contributed by atoms with E-state index in [1.165, 1.54) is 0 Å². The Morgan fingerprint density at radius 3 is 2.62 bits per heavy atom. The number of benzene rings is 1. The molecule has 0 saturated heterocycles. The molecule has 0 atom stereocenters. The van der Waals surface area contributed by atoms with Crippen LogP contribution in [0.5, 0.6) is 0 Å². The molecule has 16 heavy (non-hydrogen) atoms. The Hall–Kier alpha value is -1.65. The number of carbonyl (C=O) groups excluding carboxylic acids is 1. The summed E-state index contributed by atoms with van der Waals surface area (Å²) < 4.78 is 30.4. The Balaban J connectivity index is 2.79. The Bertz CT molecular complexity index is 394. The van der Waals surface area contributed by atoms with Crippen LogP contribution in [0.1, 0.15) is 30.1 Å². The highest BCUT2D eigenvalue weighted by Gasteiger charge is 2.15. The molecule has 88 valence electrons. The van der Waals surface area contributed by atoms with Gasteiger partial charge >= 0.3 is 5.97 Å². The van der Waals surface area contributed by atoms with Crippen molar-refractivity contribution in [1.29, 1.82) is 0 Å². The smallest absolute Gasteiger partial charge is 0.340 e. The second-order valence-electron chi connectivity index (χ2n) is 3.34. The molecule has 0 aliphatic carbocycles. The van der Waals surface area contributed by atoms with Gasteiger partial charge in [-0.2, -0.15) is 0 Å². The van der Waals surface area contributed by atoms with Gasteiger partial charge in [-0.05, 0) is 12.5 Å². The Morgan fingerprint density at radius 1 is 1.38 bits per heavy atom. The normalized spacial score (nSPS) is 10.2. The third-order valence-corrected chi connectivity index (χ3v) is 2.04. The monoisotopic (exact) mass is 229 g/mol. The summed E-state index contributed by atoms with van der Waals surface area (Å²) in [6.07, 6.45) is 1.59. The molecule has 5 heteroatoms. The molecule has 1 aromatic carbocycles.